The number of carboxylic acid groups (broad SMARTS) is 1. The molecule has 1 aliphatic heterocycles. The minimum Gasteiger partial charge on any atom is -0.478 e. The van der Waals surface area contributed by atoms with Gasteiger partial charge in [-0.15, -0.1) is 11.3 Å². The van der Waals surface area contributed by atoms with Gasteiger partial charge < -0.3 is 19.8 Å². The van der Waals surface area contributed by atoms with Crippen molar-refractivity contribution in [2.75, 3.05) is 51.0 Å². The summed E-state index contributed by atoms with van der Waals surface area (Å²) in [6, 6.07) is 2.87. The molecule has 3 aromatic heterocycles. The normalized spacial score (nSPS) is 16.1. The van der Waals surface area contributed by atoms with E-state index in [4.69, 9.17) is 4.98 Å². The average molecular weight is 597 g/mol. The Morgan fingerprint density at radius 2 is 1.95 bits per heavy atom. The van der Waals surface area contributed by atoms with E-state index in [1.165, 1.54) is 40.1 Å². The summed E-state index contributed by atoms with van der Waals surface area (Å²) in [5.74, 6) is -1.36. The molecule has 4 rings (SSSR count). The van der Waals surface area contributed by atoms with E-state index in [0.29, 0.717) is 40.6 Å². The zero-order chi connectivity index (χ0) is 30.8. The highest BCUT2D eigenvalue weighted by atomic mass is 32.1. The Morgan fingerprint density at radius 1 is 1.21 bits per heavy atom. The highest BCUT2D eigenvalue weighted by molar-refractivity contribution is 7.14. The largest absolute Gasteiger partial charge is 0.478 e. The molecule has 224 valence electrons. The lowest BCUT2D eigenvalue weighted by Crippen LogP contribution is -2.52. The molecular formula is C29H38N7O5S+. The van der Waals surface area contributed by atoms with Gasteiger partial charge in [0, 0.05) is 47.8 Å². The van der Waals surface area contributed by atoms with Crippen LogP contribution < -0.4 is 21.1 Å². The first-order valence-corrected chi connectivity index (χ1v) is 14.6. The van der Waals surface area contributed by atoms with E-state index in [9.17, 15) is 24.3 Å². The number of piperidine rings is 1. The van der Waals surface area contributed by atoms with Crippen molar-refractivity contribution in [1.29, 1.82) is 0 Å². The molecule has 0 bridgehead atoms. The number of nitrogens with zero attached hydrogens (tertiary/aromatic N) is 5. The van der Waals surface area contributed by atoms with Crippen molar-refractivity contribution < 1.29 is 24.0 Å². The van der Waals surface area contributed by atoms with Crippen molar-refractivity contribution >= 4 is 51.8 Å². The predicted octanol–water partition coefficient (Wildman–Crippen LogP) is 2.59. The van der Waals surface area contributed by atoms with Crippen molar-refractivity contribution in [1.82, 2.24) is 19.7 Å². The van der Waals surface area contributed by atoms with E-state index < -0.39 is 17.4 Å². The summed E-state index contributed by atoms with van der Waals surface area (Å²) in [5, 5.41) is 17.5. The molecule has 3 N–H and O–H groups in total. The van der Waals surface area contributed by atoms with Crippen LogP contribution in [0.4, 0.5) is 10.9 Å². The molecule has 0 saturated carbocycles. The van der Waals surface area contributed by atoms with Crippen LogP contribution in [0.25, 0.3) is 11.7 Å². The van der Waals surface area contributed by atoms with E-state index in [0.717, 1.165) is 24.6 Å². The summed E-state index contributed by atoms with van der Waals surface area (Å²) >= 11 is 1.34. The third kappa shape index (κ3) is 7.59. The zero-order valence-electron chi connectivity index (χ0n) is 24.8. The minimum atomic E-state index is -1.20. The van der Waals surface area contributed by atoms with Crippen molar-refractivity contribution in [3.63, 3.8) is 0 Å². The van der Waals surface area contributed by atoms with E-state index >= 15 is 0 Å². The number of hydrogen-bond donors (Lipinski definition) is 3. The Bertz CT molecular complexity index is 1600. The van der Waals surface area contributed by atoms with Gasteiger partial charge in [-0.3, -0.25) is 24.1 Å². The number of rotatable bonds is 8. The van der Waals surface area contributed by atoms with Crippen LogP contribution in [0.2, 0.25) is 0 Å². The van der Waals surface area contributed by atoms with Gasteiger partial charge in [0.2, 0.25) is 0 Å². The smallest absolute Gasteiger partial charge is 0.328 e. The Morgan fingerprint density at radius 3 is 2.60 bits per heavy atom. The van der Waals surface area contributed by atoms with Crippen molar-refractivity contribution in [2.24, 2.45) is 0 Å². The maximum absolute atomic E-state index is 13.6. The number of thiazole rings is 1. The quantitative estimate of drug-likeness (QED) is 0.266. The Balaban J connectivity index is 1.67. The van der Waals surface area contributed by atoms with Crippen LogP contribution in [0, 0.1) is 0 Å². The maximum Gasteiger partial charge on any atom is 0.328 e. The molecule has 0 unspecified atom stereocenters. The standard InChI is InChI=1S/C29H37N7O5S/c1-29(2,3)21-17-42-28(31-21)33-26(40)18-11-13-35-22(14-18)32-25(20(27(35)41)9-10-24(38)39)34-12-7-8-19(15-34)30-23(37)16-36(4,5)6/h9-11,13-14,17,19H,7-8,12,15-16H2,1-6H3,(H2-,30,31,33,37,38,39,40)/p+1/t19-/m0/s1. The molecule has 1 saturated heterocycles. The first-order chi connectivity index (χ1) is 19.6. The number of likely N-dealkylation sites (N-methyl/N-ethyl adjacent to an activating group) is 1. The molecule has 4 heterocycles. The Hall–Kier alpha value is -4.10. The van der Waals surface area contributed by atoms with Gasteiger partial charge in [-0.2, -0.15) is 0 Å². The summed E-state index contributed by atoms with van der Waals surface area (Å²) in [7, 11) is 5.82. The van der Waals surface area contributed by atoms with Crippen molar-refractivity contribution in [2.45, 2.75) is 45.1 Å². The van der Waals surface area contributed by atoms with Crippen LogP contribution in [0.1, 0.15) is 55.2 Å². The number of fused-ring (bicyclic) bond motifs is 1. The number of aromatic nitrogens is 3. The predicted molar refractivity (Wildman–Crippen MR) is 163 cm³/mol. The van der Waals surface area contributed by atoms with Gasteiger partial charge in [0.1, 0.15) is 11.5 Å². The summed E-state index contributed by atoms with van der Waals surface area (Å²) in [5.41, 5.74) is 0.890. The van der Waals surface area contributed by atoms with E-state index in [1.54, 1.807) is 0 Å². The molecule has 1 fully saturated rings. The topological polar surface area (TPSA) is 146 Å². The van der Waals surface area contributed by atoms with Crippen molar-refractivity contribution in [3.05, 3.63) is 57.0 Å². The second kappa shape index (κ2) is 12.0. The molecule has 42 heavy (non-hydrogen) atoms. The van der Waals surface area contributed by atoms with Gasteiger partial charge in [0.15, 0.2) is 11.7 Å². The fraction of sp³-hybridized carbons (Fsp3) is 0.448. The first kappa shape index (κ1) is 30.8. The average Bonchev–Trinajstić information content (AvgIpc) is 3.36. The number of nitrogens with one attached hydrogen (secondary N) is 2. The SMILES string of the molecule is CC(C)(C)c1csc(NC(=O)c2ccn3c(=O)c(C=CC(=O)O)c(N4CCC[C@H](NC(=O)C[N+](C)(C)C)C4)nc3c2)n1. The third-order valence-corrected chi connectivity index (χ3v) is 7.45. The second-order valence-electron chi connectivity index (χ2n) is 12.5. The summed E-state index contributed by atoms with van der Waals surface area (Å²) in [6.07, 6.45) is 5.11. The highest BCUT2D eigenvalue weighted by Gasteiger charge is 2.27. The van der Waals surface area contributed by atoms with Crippen LogP contribution in [-0.4, -0.2) is 88.6 Å². The molecule has 1 aliphatic rings. The summed E-state index contributed by atoms with van der Waals surface area (Å²) in [4.78, 5) is 61.7. The molecule has 1 atom stereocenters. The number of quaternary nitrogens is 1. The molecule has 0 radical (unpaired) electrons. The second-order valence-corrected chi connectivity index (χ2v) is 13.4. The lowest BCUT2D eigenvalue weighted by atomic mass is 9.93. The van der Waals surface area contributed by atoms with Gasteiger partial charge in [0.05, 0.1) is 32.4 Å². The van der Waals surface area contributed by atoms with Gasteiger partial charge in [-0.25, -0.2) is 14.8 Å². The van der Waals surface area contributed by atoms with Gasteiger partial charge in [-0.05, 0) is 31.1 Å². The van der Waals surface area contributed by atoms with Crippen LogP contribution in [0.15, 0.2) is 34.6 Å². The van der Waals surface area contributed by atoms with Crippen LogP contribution in [0.3, 0.4) is 0 Å². The van der Waals surface area contributed by atoms with Crippen LogP contribution >= 0.6 is 11.3 Å². The zero-order valence-corrected chi connectivity index (χ0v) is 25.6. The minimum absolute atomic E-state index is 0.0719. The lowest BCUT2D eigenvalue weighted by molar-refractivity contribution is -0.862. The number of carbonyl (C=O) groups is 3. The number of hydrogen-bond acceptors (Lipinski definition) is 8. The van der Waals surface area contributed by atoms with E-state index in [2.05, 4.69) is 15.6 Å². The fourth-order valence-electron chi connectivity index (χ4n) is 4.66. The molecule has 3 aromatic rings. The molecule has 12 nitrogen and oxygen atoms in total. The summed E-state index contributed by atoms with van der Waals surface area (Å²) < 4.78 is 1.78. The molecule has 0 spiro atoms. The molecule has 13 heteroatoms. The Labute approximate surface area is 248 Å². The van der Waals surface area contributed by atoms with E-state index in [-0.39, 0.29) is 28.6 Å². The number of carbonyl (C=O) groups excluding carboxylic acids is 2. The lowest BCUT2D eigenvalue weighted by Gasteiger charge is -2.35. The van der Waals surface area contributed by atoms with Crippen molar-refractivity contribution in [3.8, 4) is 0 Å². The third-order valence-electron chi connectivity index (χ3n) is 6.70. The van der Waals surface area contributed by atoms with Gasteiger partial charge in [0.25, 0.3) is 17.4 Å². The maximum atomic E-state index is 13.6. The molecule has 2 amide bonds. The summed E-state index contributed by atoms with van der Waals surface area (Å²) in [6.45, 7) is 7.42. The number of carboxylic acids is 1. The monoisotopic (exact) mass is 596 g/mol. The fourth-order valence-corrected chi connectivity index (χ4v) is 5.59. The van der Waals surface area contributed by atoms with Crippen LogP contribution in [0.5, 0.6) is 0 Å². The molecular weight excluding hydrogens is 558 g/mol. The van der Waals surface area contributed by atoms with Gasteiger partial charge >= 0.3 is 5.97 Å². The number of pyridine rings is 1. The number of amides is 2. The first-order valence-electron chi connectivity index (χ1n) is 13.7. The van der Waals surface area contributed by atoms with Gasteiger partial charge in [-0.1, -0.05) is 20.8 Å². The number of aliphatic carboxylic acids is 1. The van der Waals surface area contributed by atoms with Crippen LogP contribution in [-0.2, 0) is 15.0 Å². The van der Waals surface area contributed by atoms with E-state index in [1.807, 2.05) is 52.2 Å². The number of anilines is 2. The highest BCUT2D eigenvalue weighted by Crippen LogP contribution is 2.27. The Kier molecular flexibility index (Phi) is 8.83. The molecule has 0 aliphatic carbocycles. The molecule has 0 aromatic carbocycles.